The lowest BCUT2D eigenvalue weighted by Gasteiger charge is -2.33. The first-order chi connectivity index (χ1) is 16.0. The Morgan fingerprint density at radius 2 is 1.45 bits per heavy atom. The molecule has 33 heavy (non-hydrogen) atoms. The highest BCUT2D eigenvalue weighted by atomic mass is 16.5. The highest BCUT2D eigenvalue weighted by Crippen LogP contribution is 2.17. The minimum Gasteiger partial charge on any atom is -0.465 e. The first-order valence-electron chi connectivity index (χ1n) is 10.8. The van der Waals surface area contributed by atoms with Crippen molar-refractivity contribution < 1.29 is 23.9 Å². The second-order valence-electron chi connectivity index (χ2n) is 7.72. The molecule has 1 saturated heterocycles. The summed E-state index contributed by atoms with van der Waals surface area (Å²) in [5, 5.41) is 2.77. The number of nitrogens with zero attached hydrogens (tertiary/aromatic N) is 2. The lowest BCUT2D eigenvalue weighted by molar-refractivity contribution is -0.117. The molecule has 1 aliphatic heterocycles. The van der Waals surface area contributed by atoms with Crippen LogP contribution in [0, 0.1) is 0 Å². The number of carbonyl (C=O) groups excluding carboxylic acids is 3. The van der Waals surface area contributed by atoms with Crippen LogP contribution in [-0.4, -0.2) is 81.1 Å². The van der Waals surface area contributed by atoms with Gasteiger partial charge in [0.25, 0.3) is 0 Å². The molecular weight excluding hydrogens is 422 g/mol. The Morgan fingerprint density at radius 1 is 0.879 bits per heavy atom. The van der Waals surface area contributed by atoms with Gasteiger partial charge in [0.05, 0.1) is 31.9 Å². The second kappa shape index (κ2) is 11.9. The molecule has 174 valence electrons. The number of amides is 1. The molecule has 2 aromatic rings. The fourth-order valence-electron chi connectivity index (χ4n) is 3.61. The fourth-order valence-corrected chi connectivity index (χ4v) is 3.61. The van der Waals surface area contributed by atoms with E-state index in [-0.39, 0.29) is 23.6 Å². The van der Waals surface area contributed by atoms with E-state index >= 15 is 0 Å². The maximum absolute atomic E-state index is 12.6. The molecule has 1 aliphatic rings. The Kier molecular flexibility index (Phi) is 8.74. The van der Waals surface area contributed by atoms with Crippen LogP contribution in [0.1, 0.15) is 26.3 Å². The van der Waals surface area contributed by atoms with Gasteiger partial charge in [0, 0.05) is 38.4 Å². The van der Waals surface area contributed by atoms with E-state index in [9.17, 15) is 14.4 Å². The molecule has 0 aromatic heterocycles. The maximum Gasteiger partial charge on any atom is 0.337 e. The van der Waals surface area contributed by atoms with Crippen LogP contribution in [0.2, 0.25) is 0 Å². The van der Waals surface area contributed by atoms with Crippen LogP contribution in [0.3, 0.4) is 0 Å². The van der Waals surface area contributed by atoms with E-state index in [0.29, 0.717) is 5.69 Å². The van der Waals surface area contributed by atoms with Crippen molar-refractivity contribution in [2.24, 2.45) is 0 Å². The minimum absolute atomic E-state index is 0.160. The second-order valence-corrected chi connectivity index (χ2v) is 7.72. The number of hydrogen-bond acceptors (Lipinski definition) is 7. The third-order valence-electron chi connectivity index (χ3n) is 5.36. The zero-order valence-corrected chi connectivity index (χ0v) is 19.0. The SMILES string of the molecule is COC(=O)c1cc(NC(=O)CN2CCN(C/C=C/c3ccccc3)CC2)cc(C(=O)OC)c1. The molecule has 0 atom stereocenters. The lowest BCUT2D eigenvalue weighted by atomic mass is 10.1. The molecule has 2 aromatic carbocycles. The Bertz CT molecular complexity index is 964. The van der Waals surface area contributed by atoms with Crippen LogP contribution >= 0.6 is 0 Å². The minimum atomic E-state index is -0.603. The van der Waals surface area contributed by atoms with Gasteiger partial charge in [0.2, 0.25) is 5.91 Å². The number of carbonyl (C=O) groups is 3. The van der Waals surface area contributed by atoms with E-state index in [1.54, 1.807) is 0 Å². The molecule has 8 heteroatoms. The average Bonchev–Trinajstić information content (AvgIpc) is 2.84. The van der Waals surface area contributed by atoms with Crippen molar-refractivity contribution >= 4 is 29.6 Å². The lowest BCUT2D eigenvalue weighted by Crippen LogP contribution is -2.48. The van der Waals surface area contributed by atoms with E-state index in [1.165, 1.54) is 38.0 Å². The van der Waals surface area contributed by atoms with E-state index in [0.717, 1.165) is 32.7 Å². The Balaban J connectivity index is 1.50. The Hall–Kier alpha value is -3.49. The van der Waals surface area contributed by atoms with Crippen molar-refractivity contribution in [2.45, 2.75) is 0 Å². The number of benzene rings is 2. The van der Waals surface area contributed by atoms with Gasteiger partial charge < -0.3 is 14.8 Å². The number of anilines is 1. The average molecular weight is 452 g/mol. The summed E-state index contributed by atoms with van der Waals surface area (Å²) in [6.45, 7) is 4.40. The van der Waals surface area contributed by atoms with Crippen LogP contribution < -0.4 is 5.32 Å². The summed E-state index contributed by atoms with van der Waals surface area (Å²) in [5.74, 6) is -1.42. The molecule has 8 nitrogen and oxygen atoms in total. The predicted octanol–water partition coefficient (Wildman–Crippen LogP) is 2.53. The molecule has 0 saturated carbocycles. The van der Waals surface area contributed by atoms with Gasteiger partial charge in [-0.25, -0.2) is 9.59 Å². The summed E-state index contributed by atoms with van der Waals surface area (Å²) < 4.78 is 9.46. The van der Waals surface area contributed by atoms with E-state index < -0.39 is 11.9 Å². The van der Waals surface area contributed by atoms with Crippen LogP contribution in [0.4, 0.5) is 5.69 Å². The van der Waals surface area contributed by atoms with Crippen molar-refractivity contribution in [2.75, 3.05) is 58.8 Å². The van der Waals surface area contributed by atoms with Gasteiger partial charge in [-0.1, -0.05) is 42.5 Å². The van der Waals surface area contributed by atoms with Gasteiger partial charge in [0.15, 0.2) is 0 Å². The highest BCUT2D eigenvalue weighted by molar-refractivity contribution is 5.99. The zero-order valence-electron chi connectivity index (χ0n) is 19.0. The maximum atomic E-state index is 12.6. The van der Waals surface area contributed by atoms with Gasteiger partial charge >= 0.3 is 11.9 Å². The summed E-state index contributed by atoms with van der Waals surface area (Å²) in [7, 11) is 2.50. The van der Waals surface area contributed by atoms with Crippen LogP contribution in [0.5, 0.6) is 0 Å². The molecule has 0 spiro atoms. The third-order valence-corrected chi connectivity index (χ3v) is 5.36. The summed E-state index contributed by atoms with van der Waals surface area (Å²) in [6.07, 6.45) is 4.27. The monoisotopic (exact) mass is 451 g/mol. The summed E-state index contributed by atoms with van der Waals surface area (Å²) in [6, 6.07) is 14.5. The van der Waals surface area contributed by atoms with E-state index in [1.807, 2.05) is 18.2 Å². The van der Waals surface area contributed by atoms with Crippen LogP contribution in [-0.2, 0) is 14.3 Å². The standard InChI is InChI=1S/C25H29N3O5/c1-32-24(30)20-15-21(25(31)33-2)17-22(16-20)26-23(29)18-28-13-11-27(12-14-28)10-6-9-19-7-4-3-5-8-19/h3-9,15-17H,10-14,18H2,1-2H3,(H,26,29)/b9-6+. The van der Waals surface area contributed by atoms with Crippen LogP contribution in [0.15, 0.2) is 54.6 Å². The smallest absolute Gasteiger partial charge is 0.337 e. The number of nitrogens with one attached hydrogen (secondary N) is 1. The van der Waals surface area contributed by atoms with Crippen molar-refractivity contribution in [3.63, 3.8) is 0 Å². The molecule has 1 N–H and O–H groups in total. The summed E-state index contributed by atoms with van der Waals surface area (Å²) in [4.78, 5) is 40.8. The van der Waals surface area contributed by atoms with E-state index in [2.05, 4.69) is 39.4 Å². The van der Waals surface area contributed by atoms with E-state index in [4.69, 9.17) is 9.47 Å². The molecular formula is C25H29N3O5. The van der Waals surface area contributed by atoms with Crippen molar-refractivity contribution in [1.82, 2.24) is 9.80 Å². The van der Waals surface area contributed by atoms with Gasteiger partial charge in [-0.3, -0.25) is 14.6 Å². The Morgan fingerprint density at radius 3 is 2.03 bits per heavy atom. The first kappa shape index (κ1) is 24.2. The van der Waals surface area contributed by atoms with Gasteiger partial charge in [-0.05, 0) is 23.8 Å². The fraction of sp³-hybridized carbons (Fsp3) is 0.320. The Labute approximate surface area is 193 Å². The van der Waals surface area contributed by atoms with Gasteiger partial charge in [-0.2, -0.15) is 0 Å². The van der Waals surface area contributed by atoms with Crippen LogP contribution in [0.25, 0.3) is 6.08 Å². The molecule has 1 fully saturated rings. The molecule has 1 amide bonds. The highest BCUT2D eigenvalue weighted by Gasteiger charge is 2.19. The molecule has 0 bridgehead atoms. The van der Waals surface area contributed by atoms with Crippen molar-refractivity contribution in [3.05, 3.63) is 71.3 Å². The molecule has 0 aliphatic carbocycles. The molecule has 3 rings (SSSR count). The zero-order chi connectivity index (χ0) is 23.6. The number of hydrogen-bond donors (Lipinski definition) is 1. The number of ether oxygens (including phenoxy) is 2. The number of esters is 2. The summed E-state index contributed by atoms with van der Waals surface area (Å²) in [5.41, 5.74) is 1.84. The normalized spacial score (nSPS) is 14.7. The quantitative estimate of drug-likeness (QED) is 0.617. The van der Waals surface area contributed by atoms with Gasteiger partial charge in [-0.15, -0.1) is 0 Å². The number of methoxy groups -OCH3 is 2. The topological polar surface area (TPSA) is 88.2 Å². The van der Waals surface area contributed by atoms with Crippen molar-refractivity contribution in [3.8, 4) is 0 Å². The van der Waals surface area contributed by atoms with Gasteiger partial charge in [0.1, 0.15) is 0 Å². The number of piperazine rings is 1. The summed E-state index contributed by atoms with van der Waals surface area (Å²) >= 11 is 0. The largest absolute Gasteiger partial charge is 0.465 e. The first-order valence-corrected chi connectivity index (χ1v) is 10.8. The van der Waals surface area contributed by atoms with Crippen molar-refractivity contribution in [1.29, 1.82) is 0 Å². The molecule has 0 unspecified atom stereocenters. The molecule has 0 radical (unpaired) electrons. The molecule has 1 heterocycles. The predicted molar refractivity (Wildman–Crippen MR) is 126 cm³/mol. The third kappa shape index (κ3) is 7.27. The number of rotatable bonds is 8.